The third-order valence-corrected chi connectivity index (χ3v) is 5.41. The van der Waals surface area contributed by atoms with Gasteiger partial charge < -0.3 is 19.9 Å². The van der Waals surface area contributed by atoms with E-state index >= 15 is 0 Å². The molecule has 0 radical (unpaired) electrons. The Morgan fingerprint density at radius 2 is 2.00 bits per heavy atom. The maximum Gasteiger partial charge on any atom is 0.154 e. The highest BCUT2D eigenvalue weighted by atomic mass is 32.2. The van der Waals surface area contributed by atoms with Crippen LogP contribution in [-0.4, -0.2) is 51.4 Å². The largest absolute Gasteiger partial charge is 0.497 e. The fraction of sp³-hybridized carbons (Fsp3) is 0.571. The lowest BCUT2D eigenvalue weighted by Crippen LogP contribution is -2.40. The summed E-state index contributed by atoms with van der Waals surface area (Å²) in [6.07, 6.45) is -0.881. The van der Waals surface area contributed by atoms with Gasteiger partial charge in [-0.1, -0.05) is 0 Å². The van der Waals surface area contributed by atoms with Gasteiger partial charge in [-0.2, -0.15) is 0 Å². The van der Waals surface area contributed by atoms with E-state index < -0.39 is 22.0 Å². The molecule has 21 heavy (non-hydrogen) atoms. The fourth-order valence-electron chi connectivity index (χ4n) is 2.58. The molecule has 1 saturated heterocycles. The number of hydrogen-bond acceptors (Lipinski definition) is 6. The minimum atomic E-state index is -3.17. The molecule has 1 aromatic carbocycles. The van der Waals surface area contributed by atoms with Crippen LogP contribution in [-0.2, 0) is 9.84 Å². The molecule has 7 heteroatoms. The van der Waals surface area contributed by atoms with Crippen molar-refractivity contribution in [3.63, 3.8) is 0 Å². The second-order valence-corrected chi connectivity index (χ2v) is 7.40. The number of ether oxygens (including phenoxy) is 2. The van der Waals surface area contributed by atoms with Crippen molar-refractivity contribution in [1.82, 2.24) is 5.32 Å². The van der Waals surface area contributed by atoms with Crippen molar-refractivity contribution in [1.29, 1.82) is 0 Å². The van der Waals surface area contributed by atoms with E-state index in [0.29, 0.717) is 11.5 Å². The van der Waals surface area contributed by atoms with Gasteiger partial charge in [0.1, 0.15) is 11.5 Å². The lowest BCUT2D eigenvalue weighted by molar-refractivity contribution is 0.160. The van der Waals surface area contributed by atoms with Gasteiger partial charge in [0.05, 0.1) is 31.8 Å². The predicted molar refractivity (Wildman–Crippen MR) is 79.5 cm³/mol. The average molecular weight is 315 g/mol. The molecule has 1 aliphatic heterocycles. The number of aliphatic hydroxyl groups is 1. The first-order valence-corrected chi connectivity index (χ1v) is 8.55. The lowest BCUT2D eigenvalue weighted by Gasteiger charge is -2.23. The summed E-state index contributed by atoms with van der Waals surface area (Å²) in [7, 11) is -0.0128. The van der Waals surface area contributed by atoms with E-state index in [1.54, 1.807) is 26.4 Å². The second kappa shape index (κ2) is 6.21. The summed E-state index contributed by atoms with van der Waals surface area (Å²) >= 11 is 0. The van der Waals surface area contributed by atoms with Crippen LogP contribution in [0.2, 0.25) is 0 Å². The zero-order valence-electron chi connectivity index (χ0n) is 12.4. The van der Waals surface area contributed by atoms with Gasteiger partial charge in [-0.05, 0) is 25.1 Å². The molecule has 0 aliphatic carbocycles. The van der Waals surface area contributed by atoms with E-state index in [4.69, 9.17) is 9.47 Å². The summed E-state index contributed by atoms with van der Waals surface area (Å²) in [5.74, 6) is 1.14. The number of methoxy groups -OCH3 is 2. The molecule has 0 saturated carbocycles. The summed E-state index contributed by atoms with van der Waals surface area (Å²) in [5, 5.41) is 13.0. The van der Waals surface area contributed by atoms with Crippen LogP contribution < -0.4 is 14.8 Å². The van der Waals surface area contributed by atoms with Crippen LogP contribution in [0.3, 0.4) is 0 Å². The molecule has 1 heterocycles. The summed E-state index contributed by atoms with van der Waals surface area (Å²) in [6.45, 7) is 1.90. The quantitative estimate of drug-likeness (QED) is 0.824. The zero-order chi connectivity index (χ0) is 15.6. The van der Waals surface area contributed by atoms with Gasteiger partial charge in [0.25, 0.3) is 0 Å². The van der Waals surface area contributed by atoms with Crippen LogP contribution in [0.15, 0.2) is 18.2 Å². The maximum atomic E-state index is 11.5. The molecule has 2 N–H and O–H groups in total. The van der Waals surface area contributed by atoms with Crippen molar-refractivity contribution in [3.8, 4) is 11.5 Å². The van der Waals surface area contributed by atoms with Gasteiger partial charge in [0, 0.05) is 17.6 Å². The number of rotatable bonds is 5. The summed E-state index contributed by atoms with van der Waals surface area (Å²) < 4.78 is 33.6. The summed E-state index contributed by atoms with van der Waals surface area (Å²) in [5.41, 5.74) is 0.855. The Morgan fingerprint density at radius 1 is 1.29 bits per heavy atom. The first-order valence-electron chi connectivity index (χ1n) is 6.72. The third-order valence-electron chi connectivity index (χ3n) is 3.69. The zero-order valence-corrected chi connectivity index (χ0v) is 13.2. The molecular weight excluding hydrogens is 294 g/mol. The number of hydrogen-bond donors (Lipinski definition) is 2. The van der Waals surface area contributed by atoms with Crippen molar-refractivity contribution in [2.45, 2.75) is 25.1 Å². The molecule has 2 rings (SSSR count). The van der Waals surface area contributed by atoms with E-state index in [1.807, 2.05) is 13.0 Å². The van der Waals surface area contributed by atoms with E-state index in [2.05, 4.69) is 5.32 Å². The molecule has 0 aromatic heterocycles. The summed E-state index contributed by atoms with van der Waals surface area (Å²) in [6, 6.07) is 4.79. The standard InChI is InChI=1S/C14H21NO5S/c1-9(15-12-7-21(17,18)8-13(12)16)11-6-10(19-2)4-5-14(11)20-3/h4-6,9,12-13,15-16H,7-8H2,1-3H3/t9-,12-,13+/m1/s1. The molecule has 0 spiro atoms. The van der Waals surface area contributed by atoms with Crippen LogP contribution >= 0.6 is 0 Å². The number of sulfone groups is 1. The number of nitrogens with one attached hydrogen (secondary N) is 1. The predicted octanol–water partition coefficient (Wildman–Crippen LogP) is 0.512. The number of aliphatic hydroxyl groups excluding tert-OH is 1. The SMILES string of the molecule is COc1ccc(OC)c([C@@H](C)N[C@@H]2CS(=O)(=O)C[C@@H]2O)c1. The monoisotopic (exact) mass is 315 g/mol. The Bertz CT molecular complexity index is 601. The first-order chi connectivity index (χ1) is 9.86. The summed E-state index contributed by atoms with van der Waals surface area (Å²) in [4.78, 5) is 0. The van der Waals surface area contributed by atoms with E-state index in [1.165, 1.54) is 0 Å². The highest BCUT2D eigenvalue weighted by Crippen LogP contribution is 2.30. The Balaban J connectivity index is 2.18. The smallest absolute Gasteiger partial charge is 0.154 e. The molecule has 0 bridgehead atoms. The normalized spacial score (nSPS) is 25.5. The van der Waals surface area contributed by atoms with Crippen LogP contribution in [0.5, 0.6) is 11.5 Å². The van der Waals surface area contributed by atoms with Gasteiger partial charge in [-0.15, -0.1) is 0 Å². The molecule has 3 atom stereocenters. The van der Waals surface area contributed by atoms with Crippen molar-refractivity contribution in [2.75, 3.05) is 25.7 Å². The minimum absolute atomic E-state index is 0.0508. The lowest BCUT2D eigenvalue weighted by atomic mass is 10.0. The first kappa shape index (κ1) is 16.1. The van der Waals surface area contributed by atoms with Crippen molar-refractivity contribution in [2.24, 2.45) is 0 Å². The molecule has 1 aliphatic rings. The minimum Gasteiger partial charge on any atom is -0.497 e. The fourth-order valence-corrected chi connectivity index (χ4v) is 4.33. The van der Waals surface area contributed by atoms with Crippen LogP contribution in [0.1, 0.15) is 18.5 Å². The Hall–Kier alpha value is -1.31. The van der Waals surface area contributed by atoms with Gasteiger partial charge in [0.15, 0.2) is 9.84 Å². The van der Waals surface area contributed by atoms with Crippen LogP contribution in [0.4, 0.5) is 0 Å². The van der Waals surface area contributed by atoms with E-state index in [0.717, 1.165) is 5.56 Å². The van der Waals surface area contributed by atoms with Crippen molar-refractivity contribution >= 4 is 9.84 Å². The highest BCUT2D eigenvalue weighted by molar-refractivity contribution is 7.91. The molecule has 1 aromatic rings. The van der Waals surface area contributed by atoms with Crippen LogP contribution in [0, 0.1) is 0 Å². The molecule has 1 fully saturated rings. The Morgan fingerprint density at radius 3 is 2.52 bits per heavy atom. The van der Waals surface area contributed by atoms with Gasteiger partial charge in [0.2, 0.25) is 0 Å². The van der Waals surface area contributed by atoms with Crippen LogP contribution in [0.25, 0.3) is 0 Å². The average Bonchev–Trinajstić information content (AvgIpc) is 2.70. The Labute approximate surface area is 125 Å². The second-order valence-electron chi connectivity index (χ2n) is 5.25. The third kappa shape index (κ3) is 3.66. The molecule has 0 amide bonds. The van der Waals surface area contributed by atoms with E-state index in [-0.39, 0.29) is 17.5 Å². The molecule has 118 valence electrons. The van der Waals surface area contributed by atoms with Gasteiger partial charge in [-0.25, -0.2) is 8.42 Å². The van der Waals surface area contributed by atoms with Gasteiger partial charge >= 0.3 is 0 Å². The number of benzene rings is 1. The van der Waals surface area contributed by atoms with E-state index in [9.17, 15) is 13.5 Å². The van der Waals surface area contributed by atoms with Gasteiger partial charge in [-0.3, -0.25) is 0 Å². The topological polar surface area (TPSA) is 84.9 Å². The molecule has 0 unspecified atom stereocenters. The Kier molecular flexibility index (Phi) is 4.75. The molecular formula is C14H21NO5S. The maximum absolute atomic E-state index is 11.5. The van der Waals surface area contributed by atoms with Crippen molar-refractivity contribution in [3.05, 3.63) is 23.8 Å². The van der Waals surface area contributed by atoms with Crippen molar-refractivity contribution < 1.29 is 23.0 Å². The molecule has 6 nitrogen and oxygen atoms in total. The highest BCUT2D eigenvalue weighted by Gasteiger charge is 2.37.